The van der Waals surface area contributed by atoms with Gasteiger partial charge in [0.25, 0.3) is 0 Å². The van der Waals surface area contributed by atoms with E-state index in [0.29, 0.717) is 0 Å². The maximum absolute atomic E-state index is 4.48. The van der Waals surface area contributed by atoms with Crippen LogP contribution < -0.4 is 5.32 Å². The summed E-state index contributed by atoms with van der Waals surface area (Å²) < 4.78 is 1.85. The summed E-state index contributed by atoms with van der Waals surface area (Å²) in [5.41, 5.74) is 4.25. The minimum atomic E-state index is 0.247. The molecule has 106 valence electrons. The van der Waals surface area contributed by atoms with E-state index < -0.39 is 0 Å². The second-order valence-corrected chi connectivity index (χ2v) is 4.99. The topological polar surface area (TPSA) is 42.7 Å². The fourth-order valence-corrected chi connectivity index (χ4v) is 2.18. The summed E-state index contributed by atoms with van der Waals surface area (Å²) in [7, 11) is 1.93. The number of rotatable bonds is 4. The van der Waals surface area contributed by atoms with E-state index in [1.54, 1.807) is 0 Å². The molecule has 0 aliphatic heterocycles. The fourth-order valence-electron chi connectivity index (χ4n) is 2.18. The Morgan fingerprint density at radius 3 is 2.48 bits per heavy atom. The van der Waals surface area contributed by atoms with Crippen molar-refractivity contribution in [2.45, 2.75) is 13.0 Å². The first-order chi connectivity index (χ1) is 10.3. The minimum Gasteiger partial charge on any atom is -0.312 e. The summed E-state index contributed by atoms with van der Waals surface area (Å²) in [6.45, 7) is 2.09. The molecule has 1 N–H and O–H groups in total. The molecule has 1 aromatic carbocycles. The van der Waals surface area contributed by atoms with Gasteiger partial charge in [-0.1, -0.05) is 30.3 Å². The van der Waals surface area contributed by atoms with Gasteiger partial charge in [0.1, 0.15) is 0 Å². The maximum atomic E-state index is 4.48. The molecule has 0 amide bonds. The van der Waals surface area contributed by atoms with Crippen molar-refractivity contribution in [1.82, 2.24) is 20.1 Å². The molecule has 2 aromatic heterocycles. The van der Waals surface area contributed by atoms with Gasteiger partial charge in [0, 0.05) is 17.8 Å². The van der Waals surface area contributed by atoms with E-state index in [-0.39, 0.29) is 6.04 Å². The lowest BCUT2D eigenvalue weighted by atomic mass is 10.1. The van der Waals surface area contributed by atoms with E-state index >= 15 is 0 Å². The van der Waals surface area contributed by atoms with E-state index in [2.05, 4.69) is 34.5 Å². The number of nitrogens with one attached hydrogen (secondary N) is 1. The van der Waals surface area contributed by atoms with E-state index in [9.17, 15) is 0 Å². The van der Waals surface area contributed by atoms with Crippen LogP contribution in [0.15, 0.2) is 61.1 Å². The van der Waals surface area contributed by atoms with Gasteiger partial charge in [-0.15, -0.1) is 0 Å². The normalized spacial score (nSPS) is 12.3. The highest BCUT2D eigenvalue weighted by atomic mass is 15.3. The first kappa shape index (κ1) is 13.5. The maximum Gasteiger partial charge on any atom is 0.0829 e. The van der Waals surface area contributed by atoms with Gasteiger partial charge in [-0.05, 0) is 31.7 Å². The molecular formula is C17H18N4. The first-order valence-corrected chi connectivity index (χ1v) is 7.01. The van der Waals surface area contributed by atoms with Crippen LogP contribution in [0.3, 0.4) is 0 Å². The average molecular weight is 278 g/mol. The Morgan fingerprint density at radius 1 is 1.00 bits per heavy atom. The molecular weight excluding hydrogens is 260 g/mol. The second-order valence-electron chi connectivity index (χ2n) is 4.99. The number of hydrogen-bond donors (Lipinski definition) is 1. The van der Waals surface area contributed by atoms with Crippen molar-refractivity contribution >= 4 is 0 Å². The zero-order chi connectivity index (χ0) is 14.7. The second kappa shape index (κ2) is 5.89. The van der Waals surface area contributed by atoms with Crippen molar-refractivity contribution in [3.63, 3.8) is 0 Å². The molecule has 0 bridgehead atoms. The van der Waals surface area contributed by atoms with Crippen LogP contribution in [-0.4, -0.2) is 21.8 Å². The molecule has 21 heavy (non-hydrogen) atoms. The third kappa shape index (κ3) is 2.85. The number of nitrogens with zero attached hydrogens (tertiary/aromatic N) is 3. The summed E-state index contributed by atoms with van der Waals surface area (Å²) in [6.07, 6.45) is 5.75. The highest BCUT2D eigenvalue weighted by molar-refractivity contribution is 5.61. The average Bonchev–Trinajstić information content (AvgIpc) is 3.05. The molecule has 4 heteroatoms. The number of pyridine rings is 1. The predicted octanol–water partition coefficient (Wildman–Crippen LogP) is 3.21. The highest BCUT2D eigenvalue weighted by Gasteiger charge is 2.06. The molecule has 1 unspecified atom stereocenters. The van der Waals surface area contributed by atoms with Crippen LogP contribution in [0.1, 0.15) is 18.7 Å². The molecule has 0 saturated heterocycles. The van der Waals surface area contributed by atoms with Crippen LogP contribution in [0.25, 0.3) is 16.8 Å². The van der Waals surface area contributed by atoms with Gasteiger partial charge in [-0.2, -0.15) is 5.10 Å². The molecule has 0 aliphatic rings. The molecule has 0 spiro atoms. The van der Waals surface area contributed by atoms with Gasteiger partial charge in [0.05, 0.1) is 23.8 Å². The van der Waals surface area contributed by atoms with Crippen LogP contribution in [0.4, 0.5) is 0 Å². The Morgan fingerprint density at radius 2 is 1.81 bits per heavy atom. The van der Waals surface area contributed by atoms with Crippen LogP contribution in [0, 0.1) is 0 Å². The molecule has 4 nitrogen and oxygen atoms in total. The summed E-state index contributed by atoms with van der Waals surface area (Å²) in [4.78, 5) is 4.48. The highest BCUT2D eigenvalue weighted by Crippen LogP contribution is 2.19. The summed E-state index contributed by atoms with van der Waals surface area (Å²) >= 11 is 0. The monoisotopic (exact) mass is 278 g/mol. The van der Waals surface area contributed by atoms with Crippen molar-refractivity contribution in [3.05, 3.63) is 66.7 Å². The Kier molecular flexibility index (Phi) is 3.79. The van der Waals surface area contributed by atoms with Crippen LogP contribution in [-0.2, 0) is 0 Å². The van der Waals surface area contributed by atoms with E-state index in [1.165, 1.54) is 0 Å². The van der Waals surface area contributed by atoms with E-state index in [1.807, 2.05) is 60.7 Å². The largest absolute Gasteiger partial charge is 0.312 e. The minimum absolute atomic E-state index is 0.247. The Hall–Kier alpha value is -2.46. The lowest BCUT2D eigenvalue weighted by Crippen LogP contribution is -2.13. The number of benzene rings is 1. The van der Waals surface area contributed by atoms with Crippen molar-refractivity contribution in [2.24, 2.45) is 0 Å². The zero-order valence-corrected chi connectivity index (χ0v) is 12.2. The standard InChI is InChI=1S/C17H18N4/c1-13(18-2)17-9-8-16(11-19-17)21-12-15(10-20-21)14-6-4-3-5-7-14/h3-13,18H,1-2H3. The first-order valence-electron chi connectivity index (χ1n) is 7.01. The fraction of sp³-hybridized carbons (Fsp3) is 0.176. The van der Waals surface area contributed by atoms with Crippen LogP contribution in [0.5, 0.6) is 0 Å². The molecule has 3 aromatic rings. The molecule has 0 radical (unpaired) electrons. The van der Waals surface area contributed by atoms with Crippen molar-refractivity contribution in [1.29, 1.82) is 0 Å². The third-order valence-electron chi connectivity index (χ3n) is 3.60. The number of hydrogen-bond acceptors (Lipinski definition) is 3. The smallest absolute Gasteiger partial charge is 0.0829 e. The Balaban J connectivity index is 1.86. The third-order valence-corrected chi connectivity index (χ3v) is 3.60. The molecule has 3 rings (SSSR count). The predicted molar refractivity (Wildman–Crippen MR) is 84.3 cm³/mol. The lowest BCUT2D eigenvalue weighted by Gasteiger charge is -2.09. The molecule has 0 fully saturated rings. The van der Waals surface area contributed by atoms with E-state index in [4.69, 9.17) is 0 Å². The zero-order valence-electron chi connectivity index (χ0n) is 12.2. The van der Waals surface area contributed by atoms with Crippen molar-refractivity contribution < 1.29 is 0 Å². The van der Waals surface area contributed by atoms with Crippen LogP contribution >= 0.6 is 0 Å². The van der Waals surface area contributed by atoms with Crippen LogP contribution in [0.2, 0.25) is 0 Å². The summed E-state index contributed by atoms with van der Waals surface area (Å²) in [6, 6.07) is 14.5. The molecule has 1 atom stereocenters. The van der Waals surface area contributed by atoms with E-state index in [0.717, 1.165) is 22.5 Å². The van der Waals surface area contributed by atoms with Crippen molar-refractivity contribution in [3.8, 4) is 16.8 Å². The Bertz CT molecular complexity index is 701. The summed E-state index contributed by atoms with van der Waals surface area (Å²) in [5, 5.41) is 7.60. The summed E-state index contributed by atoms with van der Waals surface area (Å²) in [5.74, 6) is 0. The van der Waals surface area contributed by atoms with Gasteiger partial charge >= 0.3 is 0 Å². The van der Waals surface area contributed by atoms with Crippen molar-refractivity contribution in [2.75, 3.05) is 7.05 Å². The lowest BCUT2D eigenvalue weighted by molar-refractivity contribution is 0.632. The van der Waals surface area contributed by atoms with Gasteiger partial charge in [-0.3, -0.25) is 4.98 Å². The molecule has 0 saturated carbocycles. The number of aromatic nitrogens is 3. The Labute approximate surface area is 124 Å². The van der Waals surface area contributed by atoms with Gasteiger partial charge in [0.2, 0.25) is 0 Å². The van der Waals surface area contributed by atoms with Gasteiger partial charge < -0.3 is 5.32 Å². The quantitative estimate of drug-likeness (QED) is 0.797. The molecule has 0 aliphatic carbocycles. The van der Waals surface area contributed by atoms with Gasteiger partial charge in [0.15, 0.2) is 0 Å². The SMILES string of the molecule is CNC(C)c1ccc(-n2cc(-c3ccccc3)cn2)cn1. The van der Waals surface area contributed by atoms with Gasteiger partial charge in [-0.25, -0.2) is 4.68 Å². The molecule has 2 heterocycles.